The van der Waals surface area contributed by atoms with Gasteiger partial charge in [-0.05, 0) is 86.7 Å². The first-order valence-corrected chi connectivity index (χ1v) is 12.7. The van der Waals surface area contributed by atoms with E-state index in [9.17, 15) is 4.79 Å². The number of carbonyl (C=O) groups is 1. The summed E-state index contributed by atoms with van der Waals surface area (Å²) in [7, 11) is 0. The van der Waals surface area contributed by atoms with Gasteiger partial charge in [0.2, 0.25) is 5.91 Å². The van der Waals surface area contributed by atoms with Gasteiger partial charge in [0.15, 0.2) is 0 Å². The van der Waals surface area contributed by atoms with Gasteiger partial charge in [0, 0.05) is 66.0 Å². The second-order valence-electron chi connectivity index (χ2n) is 9.36. The SMILES string of the molecule is O=C1CCCCN1CCCCN1CC[C@@H]2[C@@H](C1)c1cc(Cl)ccc1N2c1ccc(Cl)cc1. The average molecular weight is 472 g/mol. The van der Waals surface area contributed by atoms with Crippen molar-refractivity contribution in [3.05, 3.63) is 58.1 Å². The summed E-state index contributed by atoms with van der Waals surface area (Å²) in [5.41, 5.74) is 3.84. The second kappa shape index (κ2) is 9.62. The summed E-state index contributed by atoms with van der Waals surface area (Å²) in [5.74, 6) is 0.801. The summed E-state index contributed by atoms with van der Waals surface area (Å²) < 4.78 is 0. The molecule has 0 N–H and O–H groups in total. The van der Waals surface area contributed by atoms with E-state index in [4.69, 9.17) is 23.2 Å². The Morgan fingerprint density at radius 3 is 2.50 bits per heavy atom. The van der Waals surface area contributed by atoms with Crippen LogP contribution in [0.25, 0.3) is 0 Å². The molecule has 5 rings (SSSR count). The fourth-order valence-corrected chi connectivity index (χ4v) is 6.02. The molecule has 0 saturated carbocycles. The third kappa shape index (κ3) is 4.50. The standard InChI is InChI=1S/C26H31Cl2N3O/c27-19-6-9-21(10-7-19)31-24-11-8-20(28)17-22(24)23-18-29(16-12-25(23)31)13-3-4-15-30-14-2-1-5-26(30)32/h6-11,17,23,25H,1-5,12-16,18H2/t23-,25+/m0/s1. The quantitative estimate of drug-likeness (QED) is 0.476. The van der Waals surface area contributed by atoms with Gasteiger partial charge in [0.05, 0.1) is 0 Å². The van der Waals surface area contributed by atoms with Crippen LogP contribution in [0, 0.1) is 0 Å². The number of unbranched alkanes of at least 4 members (excludes halogenated alkanes) is 1. The highest BCUT2D eigenvalue weighted by atomic mass is 35.5. The Morgan fingerprint density at radius 1 is 0.906 bits per heavy atom. The zero-order valence-corrected chi connectivity index (χ0v) is 20.0. The molecular weight excluding hydrogens is 441 g/mol. The minimum absolute atomic E-state index is 0.346. The molecule has 3 aliphatic rings. The van der Waals surface area contributed by atoms with E-state index >= 15 is 0 Å². The largest absolute Gasteiger partial charge is 0.343 e. The molecule has 4 nitrogen and oxygen atoms in total. The summed E-state index contributed by atoms with van der Waals surface area (Å²) in [6, 6.07) is 15.0. The Kier molecular flexibility index (Phi) is 6.64. The van der Waals surface area contributed by atoms with Crippen molar-refractivity contribution in [3.8, 4) is 0 Å². The topological polar surface area (TPSA) is 26.8 Å². The molecule has 3 heterocycles. The van der Waals surface area contributed by atoms with Crippen molar-refractivity contribution in [2.75, 3.05) is 37.6 Å². The second-order valence-corrected chi connectivity index (χ2v) is 10.2. The molecule has 6 heteroatoms. The van der Waals surface area contributed by atoms with Gasteiger partial charge in [-0.1, -0.05) is 23.2 Å². The smallest absolute Gasteiger partial charge is 0.222 e. The van der Waals surface area contributed by atoms with Gasteiger partial charge in [0.1, 0.15) is 0 Å². The lowest BCUT2D eigenvalue weighted by Gasteiger charge is -2.39. The van der Waals surface area contributed by atoms with Crippen LogP contribution in [-0.4, -0.2) is 54.5 Å². The van der Waals surface area contributed by atoms with Gasteiger partial charge in [-0.25, -0.2) is 0 Å². The summed E-state index contributed by atoms with van der Waals surface area (Å²) >= 11 is 12.6. The van der Waals surface area contributed by atoms with Crippen LogP contribution in [0.5, 0.6) is 0 Å². The number of piperidine rings is 2. The highest BCUT2D eigenvalue weighted by Gasteiger charge is 2.42. The zero-order valence-electron chi connectivity index (χ0n) is 18.5. The Balaban J connectivity index is 1.24. The van der Waals surface area contributed by atoms with E-state index in [1.54, 1.807) is 0 Å². The van der Waals surface area contributed by atoms with E-state index in [0.29, 0.717) is 17.9 Å². The van der Waals surface area contributed by atoms with Crippen LogP contribution < -0.4 is 4.90 Å². The Hall–Kier alpha value is -1.75. The number of nitrogens with zero attached hydrogens (tertiary/aromatic N) is 3. The number of anilines is 2. The molecule has 0 bridgehead atoms. The molecule has 0 aromatic heterocycles. The molecular formula is C26H31Cl2N3O. The van der Waals surface area contributed by atoms with Crippen LogP contribution in [0.1, 0.15) is 50.0 Å². The van der Waals surface area contributed by atoms with E-state index < -0.39 is 0 Å². The molecule has 2 aromatic rings. The van der Waals surface area contributed by atoms with Crippen LogP contribution in [0.4, 0.5) is 11.4 Å². The van der Waals surface area contributed by atoms with E-state index in [1.165, 1.54) is 16.9 Å². The molecule has 0 radical (unpaired) electrons. The van der Waals surface area contributed by atoms with Crippen molar-refractivity contribution in [1.82, 2.24) is 9.80 Å². The maximum atomic E-state index is 12.0. The molecule has 0 aliphatic carbocycles. The zero-order chi connectivity index (χ0) is 22.1. The average Bonchev–Trinajstić information content (AvgIpc) is 3.11. The van der Waals surface area contributed by atoms with E-state index in [0.717, 1.165) is 81.3 Å². The number of benzene rings is 2. The summed E-state index contributed by atoms with van der Waals surface area (Å²) in [4.78, 5) is 19.2. The molecule has 1 amide bonds. The van der Waals surface area contributed by atoms with Crippen LogP contribution in [0.3, 0.4) is 0 Å². The number of fused-ring (bicyclic) bond motifs is 3. The normalized spacial score (nSPS) is 23.4. The number of likely N-dealkylation sites (tertiary alicyclic amines) is 2. The number of amides is 1. The Bertz CT molecular complexity index is 964. The fourth-order valence-electron chi connectivity index (χ4n) is 5.71. The van der Waals surface area contributed by atoms with Gasteiger partial charge in [-0.15, -0.1) is 0 Å². The first-order valence-electron chi connectivity index (χ1n) is 11.9. The van der Waals surface area contributed by atoms with Crippen molar-refractivity contribution in [1.29, 1.82) is 0 Å². The van der Waals surface area contributed by atoms with Crippen molar-refractivity contribution < 1.29 is 4.79 Å². The lowest BCUT2D eigenvalue weighted by molar-refractivity contribution is -0.133. The monoisotopic (exact) mass is 471 g/mol. The highest BCUT2D eigenvalue weighted by molar-refractivity contribution is 6.31. The molecule has 170 valence electrons. The lowest BCUT2D eigenvalue weighted by atomic mass is 9.89. The number of hydrogen-bond donors (Lipinski definition) is 0. The minimum atomic E-state index is 0.346. The van der Waals surface area contributed by atoms with Gasteiger partial charge in [-0.3, -0.25) is 4.79 Å². The van der Waals surface area contributed by atoms with E-state index in [1.807, 2.05) is 18.2 Å². The molecule has 2 atom stereocenters. The Morgan fingerprint density at radius 2 is 1.69 bits per heavy atom. The maximum Gasteiger partial charge on any atom is 0.222 e. The maximum absolute atomic E-state index is 12.0. The summed E-state index contributed by atoms with van der Waals surface area (Å²) in [6.07, 6.45) is 6.32. The van der Waals surface area contributed by atoms with Crippen LogP contribution >= 0.6 is 23.2 Å². The van der Waals surface area contributed by atoms with Crippen LogP contribution in [0.15, 0.2) is 42.5 Å². The fraction of sp³-hybridized carbons (Fsp3) is 0.500. The summed E-state index contributed by atoms with van der Waals surface area (Å²) in [6.45, 7) is 5.13. The van der Waals surface area contributed by atoms with Crippen molar-refractivity contribution in [2.45, 2.75) is 50.5 Å². The minimum Gasteiger partial charge on any atom is -0.343 e. The predicted molar refractivity (Wildman–Crippen MR) is 132 cm³/mol. The van der Waals surface area contributed by atoms with Crippen molar-refractivity contribution in [2.24, 2.45) is 0 Å². The van der Waals surface area contributed by atoms with Gasteiger partial charge < -0.3 is 14.7 Å². The van der Waals surface area contributed by atoms with Crippen LogP contribution in [0.2, 0.25) is 10.0 Å². The molecule has 2 fully saturated rings. The number of hydrogen-bond acceptors (Lipinski definition) is 3. The molecule has 0 spiro atoms. The molecule has 2 saturated heterocycles. The van der Waals surface area contributed by atoms with Crippen molar-refractivity contribution in [3.63, 3.8) is 0 Å². The highest BCUT2D eigenvalue weighted by Crippen LogP contribution is 2.49. The summed E-state index contributed by atoms with van der Waals surface area (Å²) in [5, 5.41) is 1.57. The van der Waals surface area contributed by atoms with Gasteiger partial charge in [0.25, 0.3) is 0 Å². The molecule has 0 unspecified atom stereocenters. The number of rotatable bonds is 6. The molecule has 32 heavy (non-hydrogen) atoms. The van der Waals surface area contributed by atoms with Gasteiger partial charge >= 0.3 is 0 Å². The lowest BCUT2D eigenvalue weighted by Crippen LogP contribution is -2.45. The van der Waals surface area contributed by atoms with E-state index in [-0.39, 0.29) is 0 Å². The van der Waals surface area contributed by atoms with Crippen molar-refractivity contribution >= 4 is 40.5 Å². The number of carbonyl (C=O) groups excluding carboxylic acids is 1. The van der Waals surface area contributed by atoms with E-state index in [2.05, 4.69) is 39.0 Å². The molecule has 2 aromatic carbocycles. The molecule has 3 aliphatic heterocycles. The first kappa shape index (κ1) is 22.1. The number of halogens is 2. The first-order chi connectivity index (χ1) is 15.6. The third-order valence-corrected chi connectivity index (χ3v) is 7.81. The van der Waals surface area contributed by atoms with Gasteiger partial charge in [-0.2, -0.15) is 0 Å². The third-order valence-electron chi connectivity index (χ3n) is 7.32. The van der Waals surface area contributed by atoms with Crippen LogP contribution in [-0.2, 0) is 4.79 Å². The predicted octanol–water partition coefficient (Wildman–Crippen LogP) is 6.10. The Labute approximate surface area is 201 Å².